The second-order valence-electron chi connectivity index (χ2n) is 13.1. The Balaban J connectivity index is 2.45. The zero-order chi connectivity index (χ0) is 34.0. The highest BCUT2D eigenvalue weighted by molar-refractivity contribution is 7.12. The molecular weight excluding hydrogens is 590 g/mol. The molecule has 5 atom stereocenters. The Kier molecular flexibility index (Phi) is 14.7. The molecule has 1 N–H and O–H groups in total. The van der Waals surface area contributed by atoms with Gasteiger partial charge in [-0.3, -0.25) is 19.2 Å². The second kappa shape index (κ2) is 17.4. The number of thiazole rings is 1. The summed E-state index contributed by atoms with van der Waals surface area (Å²) in [5, 5.41) is 3.65. The van der Waals surface area contributed by atoms with Gasteiger partial charge in [0.05, 0.1) is 13.0 Å². The van der Waals surface area contributed by atoms with Gasteiger partial charge in [0.2, 0.25) is 5.91 Å². The van der Waals surface area contributed by atoms with Crippen LogP contribution >= 0.6 is 11.3 Å². The molecule has 0 saturated heterocycles. The Morgan fingerprint density at radius 1 is 0.933 bits per heavy atom. The van der Waals surface area contributed by atoms with Gasteiger partial charge in [0, 0.05) is 43.3 Å². The van der Waals surface area contributed by atoms with Crippen LogP contribution in [0.3, 0.4) is 0 Å². The maximum absolute atomic E-state index is 13.9. The van der Waals surface area contributed by atoms with Crippen LogP contribution in [0.4, 0.5) is 0 Å². The molecular formula is C35H53N3O6S. The first-order valence-corrected chi connectivity index (χ1v) is 16.8. The molecule has 0 saturated carbocycles. The number of amides is 2. The second-order valence-corrected chi connectivity index (χ2v) is 14.1. The molecule has 45 heavy (non-hydrogen) atoms. The molecule has 2 amide bonds. The maximum atomic E-state index is 13.9. The third kappa shape index (κ3) is 10.9. The van der Waals surface area contributed by atoms with Crippen molar-refractivity contribution in [3.05, 3.63) is 51.5 Å². The van der Waals surface area contributed by atoms with E-state index in [2.05, 4.69) is 5.32 Å². The monoisotopic (exact) mass is 643 g/mol. The molecule has 250 valence electrons. The summed E-state index contributed by atoms with van der Waals surface area (Å²) in [6, 6.07) is 9.22. The van der Waals surface area contributed by atoms with E-state index in [9.17, 15) is 19.2 Å². The van der Waals surface area contributed by atoms with E-state index in [-0.39, 0.29) is 59.2 Å². The first-order valence-electron chi connectivity index (χ1n) is 15.9. The predicted octanol–water partition coefficient (Wildman–Crippen LogP) is 6.58. The van der Waals surface area contributed by atoms with E-state index in [1.807, 2.05) is 78.8 Å². The standard InChI is InChI=1S/C35H53N3O6S/c1-20(2)24(8)34(41)38(10)28(21(3)4)19-29(44-25(9)39)33-37-30(31(45-33)22(5)6)32(40)36-27(17-23(7)35(42)43-11)18-26-15-13-12-14-16-26/h12-16,20-24,27-29H,17-19H2,1-11H3,(H,36,40)/t23-,24-,27+,28+,29+/m0/s1. The smallest absolute Gasteiger partial charge is 0.308 e. The van der Waals surface area contributed by atoms with Gasteiger partial charge < -0.3 is 19.7 Å². The number of benzene rings is 1. The fourth-order valence-corrected chi connectivity index (χ4v) is 6.49. The minimum absolute atomic E-state index is 0.0198. The van der Waals surface area contributed by atoms with Crippen LogP contribution in [0.25, 0.3) is 0 Å². The Hall–Kier alpha value is -3.27. The van der Waals surface area contributed by atoms with Crippen molar-refractivity contribution >= 4 is 35.1 Å². The summed E-state index contributed by atoms with van der Waals surface area (Å²) >= 11 is 1.36. The van der Waals surface area contributed by atoms with Crippen molar-refractivity contribution in [1.29, 1.82) is 0 Å². The largest absolute Gasteiger partial charge is 0.469 e. The SMILES string of the molecule is COC(=O)[C@@H](C)C[C@H](Cc1ccccc1)NC(=O)c1nc([C@@H](C[C@H](C(C)C)N(C)C(=O)[C@@H](C)C(C)C)OC(C)=O)sc1C(C)C. The molecule has 2 rings (SSSR count). The first kappa shape index (κ1) is 37.9. The van der Waals surface area contributed by atoms with Gasteiger partial charge >= 0.3 is 11.9 Å². The predicted molar refractivity (Wildman–Crippen MR) is 178 cm³/mol. The zero-order valence-electron chi connectivity index (χ0n) is 28.9. The average molecular weight is 644 g/mol. The van der Waals surface area contributed by atoms with Gasteiger partial charge in [0.15, 0.2) is 6.10 Å². The van der Waals surface area contributed by atoms with Crippen LogP contribution in [0, 0.1) is 23.7 Å². The molecule has 2 aromatic rings. The first-order chi connectivity index (χ1) is 21.1. The van der Waals surface area contributed by atoms with Gasteiger partial charge in [-0.25, -0.2) is 4.98 Å². The molecule has 1 aromatic heterocycles. The summed E-state index contributed by atoms with van der Waals surface area (Å²) in [6.07, 6.45) is 0.540. The van der Waals surface area contributed by atoms with E-state index in [1.54, 1.807) is 18.9 Å². The van der Waals surface area contributed by atoms with Crippen molar-refractivity contribution in [3.63, 3.8) is 0 Å². The number of ether oxygens (including phenoxy) is 2. The number of nitrogens with one attached hydrogen (secondary N) is 1. The number of methoxy groups -OCH3 is 1. The summed E-state index contributed by atoms with van der Waals surface area (Å²) in [6.45, 7) is 17.2. The Morgan fingerprint density at radius 2 is 1.56 bits per heavy atom. The topological polar surface area (TPSA) is 115 Å². The quantitative estimate of drug-likeness (QED) is 0.206. The highest BCUT2D eigenvalue weighted by atomic mass is 32.1. The van der Waals surface area contributed by atoms with Crippen molar-refractivity contribution in [2.45, 2.75) is 106 Å². The summed E-state index contributed by atoms with van der Waals surface area (Å²) in [7, 11) is 3.16. The van der Waals surface area contributed by atoms with Crippen LogP contribution in [-0.4, -0.2) is 59.9 Å². The normalized spacial score (nSPS) is 14.9. The van der Waals surface area contributed by atoms with Gasteiger partial charge in [0.25, 0.3) is 5.91 Å². The van der Waals surface area contributed by atoms with E-state index in [0.29, 0.717) is 24.3 Å². The molecule has 0 radical (unpaired) electrons. The summed E-state index contributed by atoms with van der Waals surface area (Å²) in [5.74, 6) is -1.43. The third-order valence-electron chi connectivity index (χ3n) is 8.35. The summed E-state index contributed by atoms with van der Waals surface area (Å²) in [5.41, 5.74) is 1.31. The minimum atomic E-state index is -0.733. The van der Waals surface area contributed by atoms with Crippen molar-refractivity contribution in [1.82, 2.24) is 15.2 Å². The van der Waals surface area contributed by atoms with E-state index in [1.165, 1.54) is 25.4 Å². The lowest BCUT2D eigenvalue weighted by Crippen LogP contribution is -2.44. The lowest BCUT2D eigenvalue weighted by atomic mass is 9.92. The van der Waals surface area contributed by atoms with Crippen LogP contribution in [0.15, 0.2) is 30.3 Å². The fraction of sp³-hybridized carbons (Fsp3) is 0.629. The molecule has 0 aliphatic carbocycles. The van der Waals surface area contributed by atoms with Crippen LogP contribution in [0.5, 0.6) is 0 Å². The van der Waals surface area contributed by atoms with Gasteiger partial charge in [-0.05, 0) is 36.2 Å². The van der Waals surface area contributed by atoms with Crippen LogP contribution in [0.1, 0.15) is 113 Å². The number of esters is 2. The molecule has 0 aliphatic rings. The van der Waals surface area contributed by atoms with Gasteiger partial charge in [-0.1, -0.05) is 85.7 Å². The van der Waals surface area contributed by atoms with Crippen molar-refractivity contribution in [2.75, 3.05) is 14.2 Å². The van der Waals surface area contributed by atoms with Gasteiger partial charge in [-0.15, -0.1) is 11.3 Å². The van der Waals surface area contributed by atoms with E-state index < -0.39 is 18.0 Å². The number of hydrogen-bond donors (Lipinski definition) is 1. The Labute approximate surface area is 273 Å². The van der Waals surface area contributed by atoms with E-state index in [4.69, 9.17) is 14.5 Å². The fourth-order valence-electron chi connectivity index (χ4n) is 5.38. The Morgan fingerprint density at radius 3 is 2.07 bits per heavy atom. The molecule has 0 spiro atoms. The lowest BCUT2D eigenvalue weighted by molar-refractivity contribution is -0.149. The lowest BCUT2D eigenvalue weighted by Gasteiger charge is -2.35. The van der Waals surface area contributed by atoms with Crippen molar-refractivity contribution < 1.29 is 28.7 Å². The number of hydrogen-bond acceptors (Lipinski definition) is 8. The summed E-state index contributed by atoms with van der Waals surface area (Å²) in [4.78, 5) is 59.1. The molecule has 0 aliphatic heterocycles. The minimum Gasteiger partial charge on any atom is -0.469 e. The molecule has 9 nitrogen and oxygen atoms in total. The molecule has 0 bridgehead atoms. The van der Waals surface area contributed by atoms with Crippen molar-refractivity contribution in [2.24, 2.45) is 23.7 Å². The van der Waals surface area contributed by atoms with Gasteiger partial charge in [0.1, 0.15) is 10.7 Å². The zero-order valence-corrected chi connectivity index (χ0v) is 29.7. The molecule has 1 heterocycles. The van der Waals surface area contributed by atoms with Gasteiger partial charge in [-0.2, -0.15) is 0 Å². The number of nitrogens with zero attached hydrogens (tertiary/aromatic N) is 2. The number of rotatable bonds is 16. The van der Waals surface area contributed by atoms with Crippen LogP contribution in [0.2, 0.25) is 0 Å². The Bertz CT molecular complexity index is 1280. The molecule has 0 fully saturated rings. The van der Waals surface area contributed by atoms with Crippen LogP contribution < -0.4 is 5.32 Å². The van der Waals surface area contributed by atoms with E-state index >= 15 is 0 Å². The maximum Gasteiger partial charge on any atom is 0.308 e. The highest BCUT2D eigenvalue weighted by Crippen LogP contribution is 2.36. The third-order valence-corrected chi connectivity index (χ3v) is 9.80. The highest BCUT2D eigenvalue weighted by Gasteiger charge is 2.34. The number of carbonyl (C=O) groups excluding carboxylic acids is 4. The van der Waals surface area contributed by atoms with Crippen molar-refractivity contribution in [3.8, 4) is 0 Å². The molecule has 1 aromatic carbocycles. The summed E-state index contributed by atoms with van der Waals surface area (Å²) < 4.78 is 10.8. The molecule has 0 unspecified atom stereocenters. The molecule has 10 heteroatoms. The van der Waals surface area contributed by atoms with Crippen LogP contribution in [-0.2, 0) is 30.3 Å². The average Bonchev–Trinajstić information content (AvgIpc) is 3.44. The number of carbonyl (C=O) groups is 4. The number of aromatic nitrogens is 1. The van der Waals surface area contributed by atoms with E-state index in [0.717, 1.165) is 10.4 Å².